The summed E-state index contributed by atoms with van der Waals surface area (Å²) in [7, 11) is 0. The van der Waals surface area contributed by atoms with Crippen LogP contribution in [0.4, 0.5) is 0 Å². The van der Waals surface area contributed by atoms with Crippen LogP contribution in [0, 0.1) is 23.2 Å². The van der Waals surface area contributed by atoms with Gasteiger partial charge >= 0.3 is 0 Å². The Labute approximate surface area is 139 Å². The average Bonchev–Trinajstić information content (AvgIpc) is 2.39. The molecular formula is C20H31Br. The van der Waals surface area contributed by atoms with Gasteiger partial charge in [0.25, 0.3) is 0 Å². The maximum absolute atomic E-state index is 3.60. The van der Waals surface area contributed by atoms with Crippen molar-refractivity contribution in [1.82, 2.24) is 0 Å². The average molecular weight is 351 g/mol. The van der Waals surface area contributed by atoms with Gasteiger partial charge in [0, 0.05) is 0 Å². The summed E-state index contributed by atoms with van der Waals surface area (Å²) in [6.07, 6.45) is 13.6. The van der Waals surface area contributed by atoms with E-state index < -0.39 is 0 Å². The highest BCUT2D eigenvalue weighted by Crippen LogP contribution is 2.43. The normalized spacial score (nSPS) is 28.6. The molecule has 0 fully saturated rings. The van der Waals surface area contributed by atoms with Crippen LogP contribution in [0.3, 0.4) is 0 Å². The summed E-state index contributed by atoms with van der Waals surface area (Å²) in [6.45, 7) is 12.0. The van der Waals surface area contributed by atoms with E-state index in [9.17, 15) is 0 Å². The Bertz CT molecular complexity index is 459. The monoisotopic (exact) mass is 350 g/mol. The fourth-order valence-electron chi connectivity index (χ4n) is 4.08. The minimum absolute atomic E-state index is 0.414. The van der Waals surface area contributed by atoms with Gasteiger partial charge in [-0.25, -0.2) is 0 Å². The van der Waals surface area contributed by atoms with Crippen LogP contribution in [-0.4, -0.2) is 0 Å². The summed E-state index contributed by atoms with van der Waals surface area (Å²) >= 11 is 3.60. The highest BCUT2D eigenvalue weighted by molar-refractivity contribution is 9.11. The number of allylic oxidation sites excluding steroid dienone is 6. The van der Waals surface area contributed by atoms with Gasteiger partial charge in [-0.15, -0.1) is 0 Å². The lowest BCUT2D eigenvalue weighted by Crippen LogP contribution is -2.27. The van der Waals surface area contributed by atoms with Gasteiger partial charge in [-0.3, -0.25) is 0 Å². The van der Waals surface area contributed by atoms with Crippen molar-refractivity contribution in [3.8, 4) is 0 Å². The molecule has 0 saturated carbocycles. The van der Waals surface area contributed by atoms with Crippen LogP contribution >= 0.6 is 15.9 Å². The van der Waals surface area contributed by atoms with Crippen LogP contribution in [0.2, 0.25) is 0 Å². The quantitative estimate of drug-likeness (QED) is 0.479. The summed E-state index contributed by atoms with van der Waals surface area (Å²) in [6, 6.07) is 0. The van der Waals surface area contributed by atoms with Crippen molar-refractivity contribution in [1.29, 1.82) is 0 Å². The van der Waals surface area contributed by atoms with Gasteiger partial charge in [0.15, 0.2) is 0 Å². The second kappa shape index (κ2) is 6.86. The van der Waals surface area contributed by atoms with Crippen molar-refractivity contribution in [2.75, 3.05) is 0 Å². The van der Waals surface area contributed by atoms with E-state index in [4.69, 9.17) is 0 Å². The summed E-state index contributed by atoms with van der Waals surface area (Å²) in [4.78, 5) is 0. The van der Waals surface area contributed by atoms with Crippen LogP contribution in [0.5, 0.6) is 0 Å². The van der Waals surface area contributed by atoms with Gasteiger partial charge in [0.1, 0.15) is 0 Å². The molecule has 0 aromatic heterocycles. The Hall–Kier alpha value is -0.300. The molecule has 0 aliphatic heterocycles. The molecule has 0 amide bonds. The van der Waals surface area contributed by atoms with Crippen LogP contribution in [0.25, 0.3) is 0 Å². The Morgan fingerprint density at radius 2 is 1.90 bits per heavy atom. The molecule has 0 bridgehead atoms. The molecule has 3 unspecified atom stereocenters. The molecule has 1 heteroatoms. The minimum atomic E-state index is 0.414. The van der Waals surface area contributed by atoms with E-state index in [2.05, 4.69) is 68.8 Å². The lowest BCUT2D eigenvalue weighted by Gasteiger charge is -2.38. The molecule has 118 valence electrons. The molecule has 0 saturated heterocycles. The van der Waals surface area contributed by atoms with Gasteiger partial charge in [-0.2, -0.15) is 0 Å². The Morgan fingerprint density at radius 3 is 2.43 bits per heavy atom. The van der Waals surface area contributed by atoms with Crippen molar-refractivity contribution < 1.29 is 0 Å². The van der Waals surface area contributed by atoms with E-state index in [0.29, 0.717) is 5.41 Å². The first-order valence-corrected chi connectivity index (χ1v) is 9.29. The third-order valence-corrected chi connectivity index (χ3v) is 6.02. The minimum Gasteiger partial charge on any atom is -0.0819 e. The largest absolute Gasteiger partial charge is 0.0819 e. The van der Waals surface area contributed by atoms with E-state index in [-0.39, 0.29) is 0 Å². The van der Waals surface area contributed by atoms with Gasteiger partial charge < -0.3 is 0 Å². The molecule has 2 aliphatic rings. The Balaban J connectivity index is 1.99. The predicted octanol–water partition coefficient (Wildman–Crippen LogP) is 7.03. The summed E-state index contributed by atoms with van der Waals surface area (Å²) in [5.41, 5.74) is 3.68. The highest BCUT2D eigenvalue weighted by Gasteiger charge is 2.31. The van der Waals surface area contributed by atoms with E-state index in [1.165, 1.54) is 36.6 Å². The van der Waals surface area contributed by atoms with Gasteiger partial charge in [-0.1, -0.05) is 73.0 Å². The molecule has 0 aromatic rings. The standard InChI is InChI=1S/C20H31Br/c1-14(12-16-6-9-18(21)10-7-16)17-8-11-19(15(2)13-17)20(3,4)5/h6,9,13-14,17,19H,7-8,10-12H2,1-5H3. The molecule has 0 nitrogen and oxygen atoms in total. The molecule has 3 atom stereocenters. The van der Waals surface area contributed by atoms with Crippen molar-refractivity contribution >= 4 is 15.9 Å². The van der Waals surface area contributed by atoms with E-state index in [0.717, 1.165) is 17.8 Å². The second-order valence-electron chi connectivity index (χ2n) is 8.19. The van der Waals surface area contributed by atoms with Crippen molar-refractivity contribution in [2.24, 2.45) is 23.2 Å². The topological polar surface area (TPSA) is 0 Å². The predicted molar refractivity (Wildman–Crippen MR) is 97.5 cm³/mol. The van der Waals surface area contributed by atoms with Crippen molar-refractivity contribution in [3.63, 3.8) is 0 Å². The molecule has 0 spiro atoms. The Kier molecular flexibility index (Phi) is 5.57. The zero-order valence-electron chi connectivity index (χ0n) is 14.4. The molecule has 0 heterocycles. The lowest BCUT2D eigenvalue weighted by atomic mass is 9.67. The first-order chi connectivity index (χ1) is 9.77. The third kappa shape index (κ3) is 4.58. The first-order valence-electron chi connectivity index (χ1n) is 8.50. The van der Waals surface area contributed by atoms with Crippen LogP contribution in [0.1, 0.15) is 66.7 Å². The second-order valence-corrected chi connectivity index (χ2v) is 9.21. The lowest BCUT2D eigenvalue weighted by molar-refractivity contribution is 0.223. The number of hydrogen-bond donors (Lipinski definition) is 0. The summed E-state index contributed by atoms with van der Waals surface area (Å²) in [5, 5.41) is 0. The maximum Gasteiger partial charge on any atom is -0.00462 e. The number of hydrogen-bond acceptors (Lipinski definition) is 0. The van der Waals surface area contributed by atoms with E-state index in [1.54, 1.807) is 11.1 Å². The smallest absolute Gasteiger partial charge is 0.00462 e. The molecule has 0 N–H and O–H groups in total. The fourth-order valence-corrected chi connectivity index (χ4v) is 4.41. The highest BCUT2D eigenvalue weighted by atomic mass is 79.9. The van der Waals surface area contributed by atoms with Crippen LogP contribution in [-0.2, 0) is 0 Å². The fraction of sp³-hybridized carbons (Fsp3) is 0.700. The van der Waals surface area contributed by atoms with Gasteiger partial charge in [0.2, 0.25) is 0 Å². The zero-order chi connectivity index (χ0) is 15.6. The molecule has 0 radical (unpaired) electrons. The summed E-state index contributed by atoms with van der Waals surface area (Å²) in [5.74, 6) is 2.32. The van der Waals surface area contributed by atoms with Crippen LogP contribution in [0.15, 0.2) is 33.9 Å². The Morgan fingerprint density at radius 1 is 1.19 bits per heavy atom. The number of rotatable bonds is 3. The van der Waals surface area contributed by atoms with Gasteiger partial charge in [-0.05, 0) is 66.7 Å². The van der Waals surface area contributed by atoms with Gasteiger partial charge in [0.05, 0.1) is 0 Å². The first kappa shape index (κ1) is 17.1. The van der Waals surface area contributed by atoms with Crippen molar-refractivity contribution in [3.05, 3.63) is 33.9 Å². The molecule has 2 rings (SSSR count). The third-order valence-electron chi connectivity index (χ3n) is 5.36. The molecule has 21 heavy (non-hydrogen) atoms. The van der Waals surface area contributed by atoms with Crippen LogP contribution < -0.4 is 0 Å². The number of halogens is 1. The van der Waals surface area contributed by atoms with E-state index in [1.807, 2.05) is 0 Å². The van der Waals surface area contributed by atoms with Crippen molar-refractivity contribution in [2.45, 2.75) is 66.7 Å². The molecular weight excluding hydrogens is 320 g/mol. The van der Waals surface area contributed by atoms with E-state index >= 15 is 0 Å². The zero-order valence-corrected chi connectivity index (χ0v) is 16.0. The molecule has 2 aliphatic carbocycles. The SMILES string of the molecule is CC1=CC(C(C)CC2=CC=C(Br)CC2)CCC1C(C)(C)C. The maximum atomic E-state index is 3.60. The summed E-state index contributed by atoms with van der Waals surface area (Å²) < 4.78 is 1.35. The molecule has 0 aromatic carbocycles.